The second kappa shape index (κ2) is 5.63. The van der Waals surface area contributed by atoms with E-state index in [1.807, 2.05) is 37.3 Å². The number of rotatable bonds is 4. The molecule has 0 amide bonds. The fourth-order valence-corrected chi connectivity index (χ4v) is 1.98. The number of nitrogens with zero attached hydrogens (tertiary/aromatic N) is 1. The Kier molecular flexibility index (Phi) is 3.92. The van der Waals surface area contributed by atoms with E-state index >= 15 is 0 Å². The van der Waals surface area contributed by atoms with Crippen LogP contribution >= 0.6 is 0 Å². The van der Waals surface area contributed by atoms with E-state index in [1.165, 1.54) is 6.07 Å². The third kappa shape index (κ3) is 2.98. The van der Waals surface area contributed by atoms with E-state index < -0.39 is 0 Å². The zero-order valence-electron chi connectivity index (χ0n) is 10.7. The minimum atomic E-state index is -0.384. The standard InChI is InChI=1S/C15H16N2O2/c1-2-15(16)13-7-3-5-11(9-13)12-6-4-8-14(10-12)17(18)19/h3-10,15H,2,16H2,1H3. The van der Waals surface area contributed by atoms with E-state index in [1.54, 1.807) is 12.1 Å². The quantitative estimate of drug-likeness (QED) is 0.670. The van der Waals surface area contributed by atoms with Crippen molar-refractivity contribution in [3.63, 3.8) is 0 Å². The van der Waals surface area contributed by atoms with Crippen molar-refractivity contribution >= 4 is 5.69 Å². The van der Waals surface area contributed by atoms with E-state index in [2.05, 4.69) is 0 Å². The van der Waals surface area contributed by atoms with Crippen molar-refractivity contribution in [1.82, 2.24) is 0 Å². The summed E-state index contributed by atoms with van der Waals surface area (Å²) in [4.78, 5) is 10.4. The molecule has 0 saturated carbocycles. The molecule has 0 aliphatic rings. The van der Waals surface area contributed by atoms with Gasteiger partial charge in [0.2, 0.25) is 0 Å². The first-order chi connectivity index (χ1) is 9.11. The number of nitro benzene ring substituents is 1. The summed E-state index contributed by atoms with van der Waals surface area (Å²) >= 11 is 0. The molecular weight excluding hydrogens is 240 g/mol. The van der Waals surface area contributed by atoms with Crippen LogP contribution in [0.25, 0.3) is 11.1 Å². The highest BCUT2D eigenvalue weighted by molar-refractivity contribution is 5.66. The molecule has 0 heterocycles. The van der Waals surface area contributed by atoms with Crippen molar-refractivity contribution < 1.29 is 4.92 Å². The maximum absolute atomic E-state index is 10.8. The SMILES string of the molecule is CCC(N)c1cccc(-c2cccc([N+](=O)[O-])c2)c1. The molecule has 0 aliphatic carbocycles. The van der Waals surface area contributed by atoms with Gasteiger partial charge in [0.05, 0.1) is 4.92 Å². The van der Waals surface area contributed by atoms with Crippen LogP contribution in [0, 0.1) is 10.1 Å². The largest absolute Gasteiger partial charge is 0.324 e. The summed E-state index contributed by atoms with van der Waals surface area (Å²) in [6, 6.07) is 14.5. The van der Waals surface area contributed by atoms with E-state index in [0.29, 0.717) is 0 Å². The molecule has 2 aromatic rings. The van der Waals surface area contributed by atoms with Crippen LogP contribution in [-0.4, -0.2) is 4.92 Å². The molecule has 4 heteroatoms. The van der Waals surface area contributed by atoms with Gasteiger partial charge in [-0.3, -0.25) is 10.1 Å². The van der Waals surface area contributed by atoms with Gasteiger partial charge in [0.1, 0.15) is 0 Å². The predicted octanol–water partition coefficient (Wildman–Crippen LogP) is 3.67. The molecule has 0 aliphatic heterocycles. The number of nitro groups is 1. The van der Waals surface area contributed by atoms with Crippen molar-refractivity contribution in [2.24, 2.45) is 5.73 Å². The third-order valence-corrected chi connectivity index (χ3v) is 3.14. The first-order valence-corrected chi connectivity index (χ1v) is 6.22. The lowest BCUT2D eigenvalue weighted by Crippen LogP contribution is -2.08. The van der Waals surface area contributed by atoms with Gasteiger partial charge >= 0.3 is 0 Å². The molecule has 98 valence electrons. The number of nitrogens with two attached hydrogens (primary N) is 1. The Balaban J connectivity index is 2.41. The first-order valence-electron chi connectivity index (χ1n) is 6.22. The number of hydrogen-bond donors (Lipinski definition) is 1. The Morgan fingerprint density at radius 1 is 1.16 bits per heavy atom. The second-order valence-corrected chi connectivity index (χ2v) is 4.45. The molecule has 4 nitrogen and oxygen atoms in total. The van der Waals surface area contributed by atoms with E-state index in [-0.39, 0.29) is 16.7 Å². The molecule has 0 aromatic heterocycles. The van der Waals surface area contributed by atoms with Gasteiger partial charge in [-0.15, -0.1) is 0 Å². The van der Waals surface area contributed by atoms with E-state index in [4.69, 9.17) is 5.73 Å². The van der Waals surface area contributed by atoms with Crippen LogP contribution in [0.2, 0.25) is 0 Å². The van der Waals surface area contributed by atoms with Gasteiger partial charge in [-0.05, 0) is 29.2 Å². The summed E-state index contributed by atoms with van der Waals surface area (Å²) in [5.41, 5.74) is 8.94. The summed E-state index contributed by atoms with van der Waals surface area (Å²) < 4.78 is 0. The van der Waals surface area contributed by atoms with Crippen LogP contribution in [0.4, 0.5) is 5.69 Å². The van der Waals surface area contributed by atoms with Crippen LogP contribution in [0.5, 0.6) is 0 Å². The van der Waals surface area contributed by atoms with Crippen LogP contribution < -0.4 is 5.73 Å². The van der Waals surface area contributed by atoms with E-state index in [0.717, 1.165) is 23.1 Å². The van der Waals surface area contributed by atoms with Crippen molar-refractivity contribution in [3.05, 3.63) is 64.2 Å². The maximum Gasteiger partial charge on any atom is 0.270 e. The molecule has 2 rings (SSSR count). The lowest BCUT2D eigenvalue weighted by molar-refractivity contribution is -0.384. The normalized spacial score (nSPS) is 12.1. The highest BCUT2D eigenvalue weighted by Gasteiger charge is 2.09. The summed E-state index contributed by atoms with van der Waals surface area (Å²) in [5.74, 6) is 0. The van der Waals surface area contributed by atoms with Gasteiger partial charge in [-0.1, -0.05) is 37.3 Å². The van der Waals surface area contributed by atoms with Gasteiger partial charge < -0.3 is 5.73 Å². The van der Waals surface area contributed by atoms with Crippen molar-refractivity contribution in [3.8, 4) is 11.1 Å². The topological polar surface area (TPSA) is 69.2 Å². The molecule has 2 N–H and O–H groups in total. The molecule has 0 radical (unpaired) electrons. The molecular formula is C15H16N2O2. The zero-order chi connectivity index (χ0) is 13.8. The Labute approximate surface area is 112 Å². The monoisotopic (exact) mass is 256 g/mol. The number of hydrogen-bond acceptors (Lipinski definition) is 3. The molecule has 19 heavy (non-hydrogen) atoms. The van der Waals surface area contributed by atoms with Gasteiger partial charge in [0.15, 0.2) is 0 Å². The summed E-state index contributed by atoms with van der Waals surface area (Å²) in [6.45, 7) is 2.03. The van der Waals surface area contributed by atoms with Crippen LogP contribution in [0.1, 0.15) is 24.9 Å². The maximum atomic E-state index is 10.8. The van der Waals surface area contributed by atoms with Crippen molar-refractivity contribution in [2.45, 2.75) is 19.4 Å². The third-order valence-electron chi connectivity index (χ3n) is 3.14. The fraction of sp³-hybridized carbons (Fsp3) is 0.200. The summed E-state index contributed by atoms with van der Waals surface area (Å²) in [7, 11) is 0. The zero-order valence-corrected chi connectivity index (χ0v) is 10.7. The fourth-order valence-electron chi connectivity index (χ4n) is 1.98. The first kappa shape index (κ1) is 13.2. The Morgan fingerprint density at radius 2 is 1.79 bits per heavy atom. The highest BCUT2D eigenvalue weighted by Crippen LogP contribution is 2.26. The molecule has 1 atom stereocenters. The van der Waals surface area contributed by atoms with Crippen molar-refractivity contribution in [2.75, 3.05) is 0 Å². The van der Waals surface area contributed by atoms with E-state index in [9.17, 15) is 10.1 Å². The highest BCUT2D eigenvalue weighted by atomic mass is 16.6. The Morgan fingerprint density at radius 3 is 2.42 bits per heavy atom. The Hall–Kier alpha value is -2.20. The van der Waals surface area contributed by atoms with Crippen molar-refractivity contribution in [1.29, 1.82) is 0 Å². The van der Waals surface area contributed by atoms with Gasteiger partial charge in [-0.25, -0.2) is 0 Å². The predicted molar refractivity (Wildman–Crippen MR) is 75.8 cm³/mol. The Bertz CT molecular complexity index is 596. The second-order valence-electron chi connectivity index (χ2n) is 4.45. The molecule has 2 aromatic carbocycles. The number of benzene rings is 2. The lowest BCUT2D eigenvalue weighted by Gasteiger charge is -2.11. The average molecular weight is 256 g/mol. The summed E-state index contributed by atoms with van der Waals surface area (Å²) in [5, 5.41) is 10.8. The molecule has 0 saturated heterocycles. The smallest absolute Gasteiger partial charge is 0.270 e. The average Bonchev–Trinajstić information content (AvgIpc) is 2.46. The minimum absolute atomic E-state index is 0.00125. The lowest BCUT2D eigenvalue weighted by atomic mass is 9.98. The molecule has 1 unspecified atom stereocenters. The molecule has 0 fully saturated rings. The van der Waals surface area contributed by atoms with Gasteiger partial charge in [-0.2, -0.15) is 0 Å². The minimum Gasteiger partial charge on any atom is -0.324 e. The molecule has 0 bridgehead atoms. The van der Waals surface area contributed by atoms with Crippen LogP contribution in [0.15, 0.2) is 48.5 Å². The van der Waals surface area contributed by atoms with Gasteiger partial charge in [0.25, 0.3) is 5.69 Å². The summed E-state index contributed by atoms with van der Waals surface area (Å²) in [6.07, 6.45) is 0.860. The van der Waals surface area contributed by atoms with Gasteiger partial charge in [0, 0.05) is 18.2 Å². The number of non-ortho nitro benzene ring substituents is 1. The molecule has 0 spiro atoms. The van der Waals surface area contributed by atoms with Crippen LogP contribution in [0.3, 0.4) is 0 Å². The van der Waals surface area contributed by atoms with Crippen LogP contribution in [-0.2, 0) is 0 Å².